The van der Waals surface area contributed by atoms with E-state index < -0.39 is 0 Å². The van der Waals surface area contributed by atoms with Gasteiger partial charge in [0.05, 0.1) is 5.48 Å². The number of furan rings is 1. The highest BCUT2D eigenvalue weighted by molar-refractivity contribution is 6.17. The number of anilines is 3. The van der Waals surface area contributed by atoms with Gasteiger partial charge in [0.2, 0.25) is 0 Å². The van der Waals surface area contributed by atoms with Crippen LogP contribution < -0.4 is 4.90 Å². The molecule has 242 valence electrons. The van der Waals surface area contributed by atoms with Crippen molar-refractivity contribution in [2.75, 3.05) is 4.90 Å². The Morgan fingerprint density at radius 3 is 2.00 bits per heavy atom. The first-order chi connectivity index (χ1) is 26.7. The molecule has 0 saturated carbocycles. The predicted molar refractivity (Wildman–Crippen MR) is 214 cm³/mol. The lowest BCUT2D eigenvalue weighted by Crippen LogP contribution is -2.16. The summed E-state index contributed by atoms with van der Waals surface area (Å²) in [7, 11) is 0. The Morgan fingerprint density at radius 1 is 0.451 bits per heavy atom. The van der Waals surface area contributed by atoms with Crippen molar-refractivity contribution < 1.29 is 9.90 Å². The summed E-state index contributed by atoms with van der Waals surface area (Å²) in [6, 6.07) is 50.4. The lowest BCUT2D eigenvalue weighted by Gasteiger charge is -2.28. The van der Waals surface area contributed by atoms with E-state index >= 15 is 0 Å². The molecule has 1 aliphatic rings. The molecule has 0 unspecified atom stereocenters. The Labute approximate surface area is 303 Å². The number of fused-ring (bicyclic) bond motifs is 8. The molecular weight excluding hydrogens is 619 g/mol. The maximum atomic E-state index is 9.67. The average Bonchev–Trinajstić information content (AvgIpc) is 3.72. The van der Waals surface area contributed by atoms with Gasteiger partial charge in [-0.3, -0.25) is 0 Å². The molecule has 0 aliphatic heterocycles. The highest BCUT2D eigenvalue weighted by Crippen LogP contribution is 2.51. The molecule has 0 fully saturated rings. The van der Waals surface area contributed by atoms with Crippen LogP contribution in [0.1, 0.15) is 30.5 Å². The lowest BCUT2D eigenvalue weighted by atomic mass is 9.82. The fourth-order valence-electron chi connectivity index (χ4n) is 7.97. The Hall–Kier alpha value is -6.38. The molecule has 1 heterocycles. The van der Waals surface area contributed by atoms with Gasteiger partial charge in [-0.1, -0.05) is 147 Å². The fourth-order valence-corrected chi connectivity index (χ4v) is 7.97. The average molecular weight is 658 g/mol. The Morgan fingerprint density at radius 2 is 1.12 bits per heavy atom. The molecule has 0 saturated heterocycles. The second-order valence-electron chi connectivity index (χ2n) is 13.8. The largest absolute Gasteiger partial charge is 0.455 e. The molecule has 0 atom stereocenters. The number of hydrogen-bond donors (Lipinski definition) is 0. The number of rotatable bonds is 5. The molecule has 0 bridgehead atoms. The summed E-state index contributed by atoms with van der Waals surface area (Å²) < 4.78 is 45.1. The van der Waals surface area contributed by atoms with Gasteiger partial charge < -0.3 is 9.32 Å². The molecule has 0 N–H and O–H groups in total. The summed E-state index contributed by atoms with van der Waals surface area (Å²) >= 11 is 0. The van der Waals surface area contributed by atoms with E-state index in [4.69, 9.17) is 4.42 Å². The van der Waals surface area contributed by atoms with Gasteiger partial charge in [-0.05, 0) is 86.7 Å². The van der Waals surface area contributed by atoms with Crippen LogP contribution in [0.2, 0.25) is 0 Å². The topological polar surface area (TPSA) is 16.4 Å². The second-order valence-corrected chi connectivity index (χ2v) is 13.8. The maximum Gasteiger partial charge on any atom is 0.143 e. The molecule has 0 radical (unpaired) electrons. The first kappa shape index (κ1) is 25.6. The third-order valence-corrected chi connectivity index (χ3v) is 10.5. The van der Waals surface area contributed by atoms with Gasteiger partial charge in [0.1, 0.15) is 11.2 Å². The first-order valence-corrected chi connectivity index (χ1v) is 17.4. The highest BCUT2D eigenvalue weighted by Gasteiger charge is 2.35. The van der Waals surface area contributed by atoms with E-state index in [0.717, 1.165) is 60.8 Å². The van der Waals surface area contributed by atoms with Crippen LogP contribution in [0.5, 0.6) is 0 Å². The van der Waals surface area contributed by atoms with E-state index in [1.807, 2.05) is 89.8 Å². The van der Waals surface area contributed by atoms with Crippen LogP contribution in [-0.4, -0.2) is 0 Å². The van der Waals surface area contributed by atoms with Crippen molar-refractivity contribution in [1.29, 1.82) is 0 Å². The summed E-state index contributed by atoms with van der Waals surface area (Å²) in [4.78, 5) is 1.89. The van der Waals surface area contributed by atoms with Crippen molar-refractivity contribution in [2.24, 2.45) is 0 Å². The monoisotopic (exact) mass is 657 g/mol. The number of para-hydroxylation sites is 1. The van der Waals surface area contributed by atoms with Crippen LogP contribution in [0.3, 0.4) is 0 Å². The molecule has 0 spiro atoms. The first-order valence-electron chi connectivity index (χ1n) is 19.4. The quantitative estimate of drug-likeness (QED) is 0.183. The summed E-state index contributed by atoms with van der Waals surface area (Å²) in [5.74, 6) is 0. The predicted octanol–water partition coefficient (Wildman–Crippen LogP) is 13.8. The molecule has 9 aromatic rings. The Bertz CT molecular complexity index is 2990. The van der Waals surface area contributed by atoms with E-state index in [9.17, 15) is 5.48 Å². The van der Waals surface area contributed by atoms with Crippen LogP contribution >= 0.6 is 0 Å². The molecule has 0 amide bonds. The highest BCUT2D eigenvalue weighted by atomic mass is 16.3. The fraction of sp³-hybridized carbons (Fsp3) is 0.0612. The van der Waals surface area contributed by atoms with Gasteiger partial charge in [-0.15, -0.1) is 0 Å². The van der Waals surface area contributed by atoms with E-state index in [1.54, 1.807) is 0 Å². The minimum atomic E-state index is -0.283. The van der Waals surface area contributed by atoms with Gasteiger partial charge in [-0.2, -0.15) is 0 Å². The standard InChI is InChI=1S/C49H35NO/c1-49(2)45-21-9-8-18-41(45)42-29-27-38(31-46(42)49)50(37-16-10-15-35(30-37)32-12-4-3-5-13-32)36-25-22-34(23-26-36)40-19-11-20-43-44-28-24-33-14-6-7-17-39(33)48(44)51-47(40)43/h3-31H,1-2H3/i22D,23D,25D,26D. The van der Waals surface area contributed by atoms with E-state index in [0.29, 0.717) is 11.1 Å². The Kier molecular flexibility index (Phi) is 5.68. The lowest BCUT2D eigenvalue weighted by molar-refractivity contribution is 0.660. The van der Waals surface area contributed by atoms with Crippen molar-refractivity contribution in [3.8, 4) is 33.4 Å². The number of hydrogen-bond acceptors (Lipinski definition) is 2. The molecule has 2 nitrogen and oxygen atoms in total. The van der Waals surface area contributed by atoms with Gasteiger partial charge in [0.25, 0.3) is 0 Å². The zero-order valence-corrected chi connectivity index (χ0v) is 28.3. The molecule has 10 rings (SSSR count). The van der Waals surface area contributed by atoms with Crippen LogP contribution in [0, 0.1) is 0 Å². The minimum Gasteiger partial charge on any atom is -0.455 e. The summed E-state index contributed by atoms with van der Waals surface area (Å²) in [5.41, 5.74) is 10.2. The SMILES string of the molecule is [2H]c1c([2H])c(N(c2cccc(-c3ccccc3)c2)c2ccc3c(c2)C(C)(C)c2ccccc2-3)c([2H])c([2H])c1-c1cccc2c1oc1c3ccccc3ccc21. The third kappa shape index (κ3) is 4.64. The van der Waals surface area contributed by atoms with Crippen molar-refractivity contribution in [3.05, 3.63) is 187 Å². The summed E-state index contributed by atoms with van der Waals surface area (Å²) in [5, 5.41) is 3.83. The summed E-state index contributed by atoms with van der Waals surface area (Å²) in [6.45, 7) is 4.46. The van der Waals surface area contributed by atoms with Crippen molar-refractivity contribution in [3.63, 3.8) is 0 Å². The van der Waals surface area contributed by atoms with Gasteiger partial charge in [-0.25, -0.2) is 0 Å². The zero-order valence-electron chi connectivity index (χ0n) is 32.3. The number of nitrogens with zero attached hydrogens (tertiary/aromatic N) is 1. The molecule has 51 heavy (non-hydrogen) atoms. The zero-order chi connectivity index (χ0) is 37.6. The maximum absolute atomic E-state index is 9.67. The second kappa shape index (κ2) is 11.3. The van der Waals surface area contributed by atoms with Crippen molar-refractivity contribution in [2.45, 2.75) is 19.3 Å². The van der Waals surface area contributed by atoms with Crippen molar-refractivity contribution >= 4 is 49.8 Å². The Balaban J connectivity index is 1.20. The normalized spacial score (nSPS) is 14.2. The third-order valence-electron chi connectivity index (χ3n) is 10.5. The van der Waals surface area contributed by atoms with E-state index in [2.05, 4.69) is 80.6 Å². The molecule has 8 aromatic carbocycles. The minimum absolute atomic E-state index is 0.132. The van der Waals surface area contributed by atoms with Crippen LogP contribution in [0.4, 0.5) is 17.1 Å². The van der Waals surface area contributed by atoms with Crippen LogP contribution in [-0.2, 0) is 5.41 Å². The smallest absolute Gasteiger partial charge is 0.143 e. The molecule has 1 aromatic heterocycles. The van der Waals surface area contributed by atoms with Crippen LogP contribution in [0.25, 0.3) is 66.1 Å². The van der Waals surface area contributed by atoms with E-state index in [-0.39, 0.29) is 40.8 Å². The van der Waals surface area contributed by atoms with Gasteiger partial charge in [0, 0.05) is 44.2 Å². The van der Waals surface area contributed by atoms with Crippen LogP contribution in [0.15, 0.2) is 180 Å². The molecular formula is C49H35NO. The van der Waals surface area contributed by atoms with Crippen molar-refractivity contribution in [1.82, 2.24) is 0 Å². The number of benzene rings is 8. The van der Waals surface area contributed by atoms with Gasteiger partial charge >= 0.3 is 0 Å². The molecule has 1 aliphatic carbocycles. The molecule has 2 heteroatoms. The van der Waals surface area contributed by atoms with E-state index in [1.165, 1.54) is 11.1 Å². The van der Waals surface area contributed by atoms with Gasteiger partial charge in [0.15, 0.2) is 0 Å². The summed E-state index contributed by atoms with van der Waals surface area (Å²) in [6.07, 6.45) is 0.